The first-order valence-corrected chi connectivity index (χ1v) is 8.47. The van der Waals surface area contributed by atoms with Gasteiger partial charge in [-0.05, 0) is 38.0 Å². The normalized spacial score (nSPS) is 18.2. The third-order valence-corrected chi connectivity index (χ3v) is 4.89. The fourth-order valence-corrected chi connectivity index (χ4v) is 3.24. The van der Waals surface area contributed by atoms with Crippen molar-refractivity contribution in [2.75, 3.05) is 13.1 Å². The maximum absolute atomic E-state index is 12.4. The van der Waals surface area contributed by atoms with Gasteiger partial charge in [-0.1, -0.05) is 6.07 Å². The van der Waals surface area contributed by atoms with Crippen molar-refractivity contribution >= 4 is 22.8 Å². The van der Waals surface area contributed by atoms with Crippen LogP contribution in [0.4, 0.5) is 0 Å². The Morgan fingerprint density at radius 3 is 2.96 bits per heavy atom. The van der Waals surface area contributed by atoms with Crippen LogP contribution in [0.5, 0.6) is 0 Å². The summed E-state index contributed by atoms with van der Waals surface area (Å²) in [4.78, 5) is 30.4. The number of nitrogens with zero attached hydrogens (tertiary/aromatic N) is 3. The standard InChI is InChI=1S/C18H24N4O2/c1-4-22-11-14(6-8-17(22)23)18(24)19-10-13-5-7-16-15(9-13)20-12(2)21(16)3/h5,7,9,14H,4,6,8,10-11H2,1-3H3,(H,19,24)/t14-/m0/s1. The van der Waals surface area contributed by atoms with Gasteiger partial charge in [0, 0.05) is 33.1 Å². The Morgan fingerprint density at radius 2 is 2.21 bits per heavy atom. The summed E-state index contributed by atoms with van der Waals surface area (Å²) in [5, 5.41) is 3.00. The van der Waals surface area contributed by atoms with Gasteiger partial charge in [-0.2, -0.15) is 0 Å². The van der Waals surface area contributed by atoms with E-state index in [-0.39, 0.29) is 17.7 Å². The lowest BCUT2D eigenvalue weighted by molar-refractivity contribution is -0.138. The molecular weight excluding hydrogens is 304 g/mol. The molecule has 2 aromatic rings. The van der Waals surface area contributed by atoms with Gasteiger partial charge >= 0.3 is 0 Å². The summed E-state index contributed by atoms with van der Waals surface area (Å²) in [7, 11) is 2.00. The Hall–Kier alpha value is -2.37. The first-order chi connectivity index (χ1) is 11.5. The van der Waals surface area contributed by atoms with Gasteiger partial charge in [0.2, 0.25) is 11.8 Å². The summed E-state index contributed by atoms with van der Waals surface area (Å²) in [6, 6.07) is 6.08. The van der Waals surface area contributed by atoms with Gasteiger partial charge in [0.15, 0.2) is 0 Å². The third-order valence-electron chi connectivity index (χ3n) is 4.89. The van der Waals surface area contributed by atoms with E-state index in [0.29, 0.717) is 32.5 Å². The lowest BCUT2D eigenvalue weighted by Gasteiger charge is -2.31. The highest BCUT2D eigenvalue weighted by molar-refractivity contribution is 5.84. The highest BCUT2D eigenvalue weighted by Crippen LogP contribution is 2.19. The number of piperidine rings is 1. The molecule has 2 heterocycles. The molecule has 128 valence electrons. The SMILES string of the molecule is CCN1C[C@@H](C(=O)NCc2ccc3c(c2)nc(C)n3C)CCC1=O. The summed E-state index contributed by atoms with van der Waals surface area (Å²) in [6.07, 6.45) is 1.10. The van der Waals surface area contributed by atoms with Gasteiger partial charge in [0.05, 0.1) is 17.0 Å². The van der Waals surface area contributed by atoms with E-state index in [1.165, 1.54) is 0 Å². The average Bonchev–Trinajstić information content (AvgIpc) is 2.87. The summed E-state index contributed by atoms with van der Waals surface area (Å²) in [5.41, 5.74) is 3.07. The quantitative estimate of drug-likeness (QED) is 0.930. The molecule has 0 bridgehead atoms. The van der Waals surface area contributed by atoms with Gasteiger partial charge in [-0.25, -0.2) is 4.98 Å². The molecule has 1 atom stereocenters. The minimum Gasteiger partial charge on any atom is -0.352 e. The molecule has 6 heteroatoms. The smallest absolute Gasteiger partial charge is 0.225 e. The van der Waals surface area contributed by atoms with Gasteiger partial charge in [-0.3, -0.25) is 9.59 Å². The molecule has 2 amide bonds. The van der Waals surface area contributed by atoms with E-state index in [4.69, 9.17) is 0 Å². The first-order valence-electron chi connectivity index (χ1n) is 8.47. The number of aryl methyl sites for hydroxylation is 2. The minimum absolute atomic E-state index is 0.0262. The van der Waals surface area contributed by atoms with Crippen molar-refractivity contribution in [2.24, 2.45) is 13.0 Å². The van der Waals surface area contributed by atoms with Gasteiger partial charge < -0.3 is 14.8 Å². The fourth-order valence-electron chi connectivity index (χ4n) is 3.24. The summed E-state index contributed by atoms with van der Waals surface area (Å²) < 4.78 is 2.05. The van der Waals surface area contributed by atoms with Crippen molar-refractivity contribution in [3.05, 3.63) is 29.6 Å². The van der Waals surface area contributed by atoms with Crippen LogP contribution in [0, 0.1) is 12.8 Å². The lowest BCUT2D eigenvalue weighted by atomic mass is 9.96. The summed E-state index contributed by atoms with van der Waals surface area (Å²) >= 11 is 0. The zero-order chi connectivity index (χ0) is 17.3. The van der Waals surface area contributed by atoms with E-state index in [2.05, 4.69) is 14.9 Å². The summed E-state index contributed by atoms with van der Waals surface area (Å²) in [6.45, 7) is 5.60. The van der Waals surface area contributed by atoms with Gasteiger partial charge in [0.25, 0.3) is 0 Å². The Morgan fingerprint density at radius 1 is 1.42 bits per heavy atom. The van der Waals surface area contributed by atoms with Crippen LogP contribution in [0.3, 0.4) is 0 Å². The van der Waals surface area contributed by atoms with Crippen LogP contribution >= 0.6 is 0 Å². The van der Waals surface area contributed by atoms with Crippen LogP contribution < -0.4 is 5.32 Å². The molecule has 0 radical (unpaired) electrons. The maximum atomic E-state index is 12.4. The molecule has 6 nitrogen and oxygen atoms in total. The topological polar surface area (TPSA) is 67.2 Å². The number of hydrogen-bond donors (Lipinski definition) is 1. The number of imidazole rings is 1. The molecule has 24 heavy (non-hydrogen) atoms. The Balaban J connectivity index is 1.63. The first kappa shape index (κ1) is 16.5. The third kappa shape index (κ3) is 3.13. The Bertz CT molecular complexity index is 781. The van der Waals surface area contributed by atoms with E-state index < -0.39 is 0 Å². The van der Waals surface area contributed by atoms with Gasteiger partial charge in [0.1, 0.15) is 5.82 Å². The van der Waals surface area contributed by atoms with Crippen molar-refractivity contribution in [1.82, 2.24) is 19.8 Å². The monoisotopic (exact) mass is 328 g/mol. The van der Waals surface area contributed by atoms with E-state index in [0.717, 1.165) is 22.4 Å². The zero-order valence-electron chi connectivity index (χ0n) is 14.5. The molecule has 0 aliphatic carbocycles. The van der Waals surface area contributed by atoms with Crippen LogP contribution in [0.25, 0.3) is 11.0 Å². The number of likely N-dealkylation sites (tertiary alicyclic amines) is 1. The van der Waals surface area contributed by atoms with Crippen molar-refractivity contribution in [3.8, 4) is 0 Å². The minimum atomic E-state index is -0.108. The van der Waals surface area contributed by atoms with E-state index in [9.17, 15) is 9.59 Å². The number of aromatic nitrogens is 2. The highest BCUT2D eigenvalue weighted by atomic mass is 16.2. The van der Waals surface area contributed by atoms with E-state index >= 15 is 0 Å². The Kier molecular flexibility index (Phi) is 4.55. The predicted molar refractivity (Wildman–Crippen MR) is 92.3 cm³/mol. The van der Waals surface area contributed by atoms with Crippen LogP contribution in [0.2, 0.25) is 0 Å². The van der Waals surface area contributed by atoms with Crippen LogP contribution in [-0.4, -0.2) is 39.4 Å². The number of hydrogen-bond acceptors (Lipinski definition) is 3. The second-order valence-corrected chi connectivity index (χ2v) is 6.43. The number of carbonyl (C=O) groups excluding carboxylic acids is 2. The van der Waals surface area contributed by atoms with Crippen LogP contribution in [0.15, 0.2) is 18.2 Å². The largest absolute Gasteiger partial charge is 0.352 e. The number of amides is 2. The molecule has 0 unspecified atom stereocenters. The average molecular weight is 328 g/mol. The summed E-state index contributed by atoms with van der Waals surface area (Å²) in [5.74, 6) is 1.04. The number of carbonyl (C=O) groups is 2. The second kappa shape index (κ2) is 6.63. The Labute approximate surface area is 141 Å². The van der Waals surface area contributed by atoms with E-state index in [1.54, 1.807) is 4.90 Å². The van der Waals surface area contributed by atoms with Gasteiger partial charge in [-0.15, -0.1) is 0 Å². The molecule has 0 spiro atoms. The molecule has 1 N–H and O–H groups in total. The number of rotatable bonds is 4. The number of benzene rings is 1. The molecule has 1 aromatic heterocycles. The van der Waals surface area contributed by atoms with Crippen molar-refractivity contribution < 1.29 is 9.59 Å². The molecule has 1 fully saturated rings. The lowest BCUT2D eigenvalue weighted by Crippen LogP contribution is -2.45. The van der Waals surface area contributed by atoms with Crippen molar-refractivity contribution in [1.29, 1.82) is 0 Å². The molecular formula is C18H24N4O2. The van der Waals surface area contributed by atoms with Crippen LogP contribution in [-0.2, 0) is 23.2 Å². The molecule has 1 aliphatic rings. The second-order valence-electron chi connectivity index (χ2n) is 6.43. The van der Waals surface area contributed by atoms with Crippen molar-refractivity contribution in [2.45, 2.75) is 33.2 Å². The zero-order valence-corrected chi connectivity index (χ0v) is 14.5. The predicted octanol–water partition coefficient (Wildman–Crippen LogP) is 1.76. The molecule has 3 rings (SSSR count). The highest BCUT2D eigenvalue weighted by Gasteiger charge is 2.29. The van der Waals surface area contributed by atoms with E-state index in [1.807, 2.05) is 39.1 Å². The van der Waals surface area contributed by atoms with Crippen molar-refractivity contribution in [3.63, 3.8) is 0 Å². The number of fused-ring (bicyclic) bond motifs is 1. The van der Waals surface area contributed by atoms with Crippen LogP contribution in [0.1, 0.15) is 31.2 Å². The molecule has 1 aromatic carbocycles. The molecule has 0 saturated carbocycles. The maximum Gasteiger partial charge on any atom is 0.225 e. The molecule has 1 saturated heterocycles. The molecule has 1 aliphatic heterocycles. The fraction of sp³-hybridized carbons (Fsp3) is 0.500. The number of nitrogens with one attached hydrogen (secondary N) is 1.